The molecule has 208 valence electrons. The van der Waals surface area contributed by atoms with Gasteiger partial charge < -0.3 is 25.5 Å². The molecule has 0 fully saturated rings. The van der Waals surface area contributed by atoms with Crippen LogP contribution in [-0.4, -0.2) is 42.7 Å². The molecule has 0 aliphatic rings. The van der Waals surface area contributed by atoms with E-state index in [9.17, 15) is 19.5 Å². The number of nitrogens with one attached hydrogen (secondary N) is 3. The molecule has 0 unspecified atom stereocenters. The van der Waals surface area contributed by atoms with Crippen molar-refractivity contribution in [2.75, 3.05) is 5.32 Å². The predicted octanol–water partition coefficient (Wildman–Crippen LogP) is 4.09. The second kappa shape index (κ2) is 12.2. The number of carboxylic acids is 1. The maximum absolute atomic E-state index is 12.7. The maximum atomic E-state index is 12.7. The summed E-state index contributed by atoms with van der Waals surface area (Å²) in [5, 5.41) is 15.1. The highest BCUT2D eigenvalue weighted by Gasteiger charge is 2.22. The summed E-state index contributed by atoms with van der Waals surface area (Å²) in [5.41, 5.74) is 4.54. The molecule has 2 heterocycles. The van der Waals surface area contributed by atoms with Crippen LogP contribution in [0.25, 0.3) is 22.4 Å². The first-order valence-electron chi connectivity index (χ1n) is 12.9. The number of carboxylic acid groups (broad SMARTS) is 1. The maximum Gasteiger partial charge on any atom is 0.408 e. The molecule has 0 saturated carbocycles. The molecular weight excluding hydrogens is 524 g/mol. The van der Waals surface area contributed by atoms with Gasteiger partial charge in [-0.2, -0.15) is 4.98 Å². The molecule has 3 aromatic carbocycles. The fourth-order valence-corrected chi connectivity index (χ4v) is 4.25. The van der Waals surface area contributed by atoms with E-state index in [0.717, 1.165) is 38.1 Å². The molecule has 1 amide bonds. The number of aryl methyl sites for hydroxylation is 1. The molecule has 0 radical (unpaired) electrons. The molecule has 0 bridgehead atoms. The van der Waals surface area contributed by atoms with Crippen LogP contribution in [0.2, 0.25) is 0 Å². The number of carbonyl (C=O) groups excluding carboxylic acids is 1. The number of fused-ring (bicyclic) bond motifs is 1. The molecule has 5 aromatic rings. The second-order valence-corrected chi connectivity index (χ2v) is 9.46. The second-order valence-electron chi connectivity index (χ2n) is 9.46. The number of para-hydroxylation sites is 2. The minimum absolute atomic E-state index is 0.0113. The molecule has 1 atom stereocenters. The minimum atomic E-state index is -1.39. The van der Waals surface area contributed by atoms with Gasteiger partial charge in [0, 0.05) is 23.9 Å². The molecule has 0 saturated heterocycles. The zero-order valence-corrected chi connectivity index (χ0v) is 22.2. The molecule has 2 aromatic heterocycles. The first-order valence-corrected chi connectivity index (χ1v) is 12.9. The van der Waals surface area contributed by atoms with E-state index in [4.69, 9.17) is 4.74 Å². The molecule has 11 heteroatoms. The first kappa shape index (κ1) is 27.1. The minimum Gasteiger partial charge on any atom is -0.480 e. The zero-order valence-electron chi connectivity index (χ0n) is 22.2. The van der Waals surface area contributed by atoms with Gasteiger partial charge >= 0.3 is 17.8 Å². The van der Waals surface area contributed by atoms with E-state index in [1.807, 2.05) is 54.6 Å². The van der Waals surface area contributed by atoms with E-state index >= 15 is 0 Å². The number of alkyl carbamates (subject to hydrolysis) is 1. The third-order valence-electron chi connectivity index (χ3n) is 6.44. The van der Waals surface area contributed by atoms with Crippen molar-refractivity contribution in [2.45, 2.75) is 32.7 Å². The number of aliphatic carboxylic acids is 1. The Kier molecular flexibility index (Phi) is 8.05. The molecule has 5 rings (SSSR count). The standard InChI is InChI=1S/C30H28N6O5/c1-19-16-36(17-25(28(37)38)34-30(40)41-18-21-7-3-2-4-8-21)29(39)35-26(19)31-15-20-11-13-22(14-12-20)27-32-23-9-5-6-10-24(23)33-27/h2-14,16,25H,15,17-18H2,1H3,(H,32,33)(H,34,40)(H,37,38)(H,31,35,39)/t25-/m0/s1. The Morgan fingerprint density at radius 1 is 0.976 bits per heavy atom. The molecule has 41 heavy (non-hydrogen) atoms. The lowest BCUT2D eigenvalue weighted by Crippen LogP contribution is -2.45. The summed E-state index contributed by atoms with van der Waals surface area (Å²) < 4.78 is 6.26. The molecular formula is C30H28N6O5. The number of ether oxygens (including phenoxy) is 1. The highest BCUT2D eigenvalue weighted by atomic mass is 16.5. The normalized spacial score (nSPS) is 11.6. The summed E-state index contributed by atoms with van der Waals surface area (Å²) in [6.45, 7) is 1.85. The lowest BCUT2D eigenvalue weighted by atomic mass is 10.1. The third kappa shape index (κ3) is 6.77. The zero-order chi connectivity index (χ0) is 28.8. The summed E-state index contributed by atoms with van der Waals surface area (Å²) in [7, 11) is 0. The van der Waals surface area contributed by atoms with Crippen LogP contribution in [0.5, 0.6) is 0 Å². The monoisotopic (exact) mass is 552 g/mol. The fraction of sp³-hybridized carbons (Fsp3) is 0.167. The first-order chi connectivity index (χ1) is 19.9. The van der Waals surface area contributed by atoms with E-state index in [2.05, 4.69) is 25.6 Å². The van der Waals surface area contributed by atoms with Gasteiger partial charge in [-0.15, -0.1) is 0 Å². The molecule has 0 aliphatic carbocycles. The van der Waals surface area contributed by atoms with Gasteiger partial charge in [-0.25, -0.2) is 19.4 Å². The van der Waals surface area contributed by atoms with E-state index in [1.54, 1.807) is 31.2 Å². The number of rotatable bonds is 10. The van der Waals surface area contributed by atoms with E-state index in [-0.39, 0.29) is 13.2 Å². The van der Waals surface area contributed by atoms with Crippen molar-refractivity contribution in [3.8, 4) is 11.4 Å². The van der Waals surface area contributed by atoms with Crippen molar-refractivity contribution in [3.63, 3.8) is 0 Å². The van der Waals surface area contributed by atoms with Gasteiger partial charge in [0.05, 0.1) is 17.6 Å². The van der Waals surface area contributed by atoms with E-state index < -0.39 is 23.8 Å². The number of H-pyrrole nitrogens is 1. The molecule has 4 N–H and O–H groups in total. The Bertz CT molecular complexity index is 1700. The van der Waals surface area contributed by atoms with Crippen LogP contribution < -0.4 is 16.3 Å². The lowest BCUT2D eigenvalue weighted by Gasteiger charge is -2.17. The van der Waals surface area contributed by atoms with Crippen molar-refractivity contribution in [2.24, 2.45) is 0 Å². The van der Waals surface area contributed by atoms with Crippen molar-refractivity contribution < 1.29 is 19.4 Å². The van der Waals surface area contributed by atoms with Gasteiger partial charge in [-0.05, 0) is 30.2 Å². The molecule has 0 spiro atoms. The number of aromatic amines is 1. The number of amides is 1. The van der Waals surface area contributed by atoms with Gasteiger partial charge in [0.25, 0.3) is 0 Å². The number of nitrogens with zero attached hydrogens (tertiary/aromatic N) is 3. The smallest absolute Gasteiger partial charge is 0.408 e. The van der Waals surface area contributed by atoms with Gasteiger partial charge in [0.1, 0.15) is 24.3 Å². The fourth-order valence-electron chi connectivity index (χ4n) is 4.25. The largest absolute Gasteiger partial charge is 0.480 e. The van der Waals surface area contributed by atoms with E-state index in [1.165, 1.54) is 6.20 Å². The number of hydrogen-bond donors (Lipinski definition) is 4. The average Bonchev–Trinajstić information content (AvgIpc) is 3.42. The average molecular weight is 553 g/mol. The van der Waals surface area contributed by atoms with Crippen LogP contribution in [-0.2, 0) is 29.2 Å². The number of carbonyl (C=O) groups is 2. The van der Waals surface area contributed by atoms with Crippen LogP contribution in [0.15, 0.2) is 89.9 Å². The number of benzene rings is 3. The topological polar surface area (TPSA) is 151 Å². The van der Waals surface area contributed by atoms with Crippen LogP contribution in [0, 0.1) is 6.92 Å². The summed E-state index contributed by atoms with van der Waals surface area (Å²) in [6, 6.07) is 23.3. The summed E-state index contributed by atoms with van der Waals surface area (Å²) in [6.07, 6.45) is 0.610. The molecule has 11 nitrogen and oxygen atoms in total. The van der Waals surface area contributed by atoms with Crippen LogP contribution in [0.3, 0.4) is 0 Å². The van der Waals surface area contributed by atoms with Crippen molar-refractivity contribution in [3.05, 3.63) is 112 Å². The van der Waals surface area contributed by atoms with Crippen molar-refractivity contribution in [1.82, 2.24) is 24.8 Å². The summed E-state index contributed by atoms with van der Waals surface area (Å²) in [4.78, 5) is 48.7. The van der Waals surface area contributed by atoms with Gasteiger partial charge in [0.2, 0.25) is 0 Å². The van der Waals surface area contributed by atoms with Gasteiger partial charge in [0.15, 0.2) is 0 Å². The Balaban J connectivity index is 1.19. The van der Waals surface area contributed by atoms with Crippen LogP contribution in [0.1, 0.15) is 16.7 Å². The Hall–Kier alpha value is -5.45. The number of aromatic nitrogens is 4. The number of anilines is 1. The summed E-state index contributed by atoms with van der Waals surface area (Å²) >= 11 is 0. The van der Waals surface area contributed by atoms with Crippen LogP contribution >= 0.6 is 0 Å². The Morgan fingerprint density at radius 3 is 2.44 bits per heavy atom. The van der Waals surface area contributed by atoms with Crippen LogP contribution in [0.4, 0.5) is 10.6 Å². The third-order valence-corrected chi connectivity index (χ3v) is 6.44. The van der Waals surface area contributed by atoms with Gasteiger partial charge in [-0.3, -0.25) is 4.57 Å². The van der Waals surface area contributed by atoms with Gasteiger partial charge in [-0.1, -0.05) is 66.7 Å². The van der Waals surface area contributed by atoms with Crippen molar-refractivity contribution in [1.29, 1.82) is 0 Å². The highest BCUT2D eigenvalue weighted by molar-refractivity contribution is 5.80. The number of imidazole rings is 1. The van der Waals surface area contributed by atoms with Crippen molar-refractivity contribution >= 4 is 28.9 Å². The Morgan fingerprint density at radius 2 is 1.71 bits per heavy atom. The van der Waals surface area contributed by atoms with E-state index in [0.29, 0.717) is 17.9 Å². The molecule has 0 aliphatic heterocycles. The highest BCUT2D eigenvalue weighted by Crippen LogP contribution is 2.21. The SMILES string of the molecule is Cc1cn(C[C@H](NC(=O)OCc2ccccc2)C(=O)O)c(=O)nc1NCc1ccc(-c2nc3ccccc3[nH]2)cc1. The summed E-state index contributed by atoms with van der Waals surface area (Å²) in [5.74, 6) is -0.139. The predicted molar refractivity (Wildman–Crippen MR) is 153 cm³/mol. The Labute approximate surface area is 234 Å². The lowest BCUT2D eigenvalue weighted by molar-refractivity contribution is -0.139. The quantitative estimate of drug-likeness (QED) is 0.202. The number of hydrogen-bond acceptors (Lipinski definition) is 7.